The minimum Gasteiger partial charge on any atom is -0.497 e. The van der Waals surface area contributed by atoms with Gasteiger partial charge in [-0.25, -0.2) is 4.79 Å². The predicted molar refractivity (Wildman–Crippen MR) is 95.0 cm³/mol. The van der Waals surface area contributed by atoms with Crippen LogP contribution in [0.5, 0.6) is 23.0 Å². The Balaban J connectivity index is 1.87. The number of hydrogen-bond acceptors (Lipinski definition) is 5. The second-order valence-electron chi connectivity index (χ2n) is 5.33. The van der Waals surface area contributed by atoms with E-state index >= 15 is 0 Å². The first-order valence-electron chi connectivity index (χ1n) is 7.66. The molecule has 0 saturated carbocycles. The van der Waals surface area contributed by atoms with E-state index in [1.165, 1.54) is 7.11 Å². The fraction of sp³-hybridized carbons (Fsp3) is 0.150. The van der Waals surface area contributed by atoms with Crippen LogP contribution in [0.15, 0.2) is 54.6 Å². The van der Waals surface area contributed by atoms with Crippen LogP contribution >= 0.6 is 0 Å². The zero-order valence-electron chi connectivity index (χ0n) is 14.2. The largest absolute Gasteiger partial charge is 0.497 e. The van der Waals surface area contributed by atoms with Crippen molar-refractivity contribution in [2.75, 3.05) is 21.3 Å². The molecule has 0 aromatic heterocycles. The van der Waals surface area contributed by atoms with E-state index in [1.807, 2.05) is 24.3 Å². The van der Waals surface area contributed by atoms with Crippen molar-refractivity contribution in [2.45, 2.75) is 0 Å². The molecule has 5 heteroatoms. The molecule has 0 bridgehead atoms. The van der Waals surface area contributed by atoms with Crippen LogP contribution in [-0.4, -0.2) is 27.3 Å². The minimum atomic E-state index is -0.457. The number of methoxy groups -OCH3 is 3. The quantitative estimate of drug-likeness (QED) is 0.518. The third kappa shape index (κ3) is 3.50. The van der Waals surface area contributed by atoms with Crippen LogP contribution in [0.4, 0.5) is 0 Å². The number of ether oxygens (including phenoxy) is 4. The van der Waals surface area contributed by atoms with Crippen molar-refractivity contribution in [3.63, 3.8) is 0 Å². The number of carbonyl (C=O) groups is 1. The molecule has 0 N–H and O–H groups in total. The lowest BCUT2D eigenvalue weighted by atomic mass is 10.1. The van der Waals surface area contributed by atoms with Crippen molar-refractivity contribution in [1.82, 2.24) is 0 Å². The summed E-state index contributed by atoms with van der Waals surface area (Å²) in [5, 5.41) is 1.91. The Bertz CT molecular complexity index is 917. The van der Waals surface area contributed by atoms with E-state index in [1.54, 1.807) is 44.6 Å². The SMILES string of the molecule is COc1ccc(OC(=O)c2ccc3cc(OC)ccc3c2)c(OC)c1. The van der Waals surface area contributed by atoms with Gasteiger partial charge in [0.05, 0.1) is 26.9 Å². The third-order valence-corrected chi connectivity index (χ3v) is 3.86. The van der Waals surface area contributed by atoms with Gasteiger partial charge in [-0.1, -0.05) is 12.1 Å². The van der Waals surface area contributed by atoms with Crippen molar-refractivity contribution in [3.05, 3.63) is 60.2 Å². The topological polar surface area (TPSA) is 54.0 Å². The molecule has 0 saturated heterocycles. The molecule has 3 aromatic rings. The molecule has 0 spiro atoms. The van der Waals surface area contributed by atoms with Crippen LogP contribution in [0.25, 0.3) is 10.8 Å². The van der Waals surface area contributed by atoms with Gasteiger partial charge in [-0.15, -0.1) is 0 Å². The zero-order valence-corrected chi connectivity index (χ0v) is 14.2. The summed E-state index contributed by atoms with van der Waals surface area (Å²) in [4.78, 5) is 12.5. The van der Waals surface area contributed by atoms with E-state index in [9.17, 15) is 4.79 Å². The fourth-order valence-corrected chi connectivity index (χ4v) is 2.50. The molecule has 0 radical (unpaired) electrons. The predicted octanol–water partition coefficient (Wildman–Crippen LogP) is 4.08. The van der Waals surface area contributed by atoms with Crippen molar-refractivity contribution in [1.29, 1.82) is 0 Å². The maximum absolute atomic E-state index is 12.5. The number of esters is 1. The second kappa shape index (κ2) is 7.13. The van der Waals surface area contributed by atoms with Gasteiger partial charge in [0.25, 0.3) is 0 Å². The van der Waals surface area contributed by atoms with E-state index < -0.39 is 5.97 Å². The summed E-state index contributed by atoms with van der Waals surface area (Å²) in [6, 6.07) is 16.0. The molecule has 0 aliphatic carbocycles. The smallest absolute Gasteiger partial charge is 0.343 e. The lowest BCUT2D eigenvalue weighted by molar-refractivity contribution is 0.0729. The van der Waals surface area contributed by atoms with Gasteiger partial charge in [0.2, 0.25) is 0 Å². The van der Waals surface area contributed by atoms with Crippen LogP contribution < -0.4 is 18.9 Å². The number of fused-ring (bicyclic) bond motifs is 1. The lowest BCUT2D eigenvalue weighted by Crippen LogP contribution is -2.09. The van der Waals surface area contributed by atoms with Gasteiger partial charge in [0.15, 0.2) is 11.5 Å². The molecule has 0 fully saturated rings. The molecule has 3 rings (SSSR count). The second-order valence-corrected chi connectivity index (χ2v) is 5.33. The summed E-state index contributed by atoms with van der Waals surface area (Å²) < 4.78 is 21.1. The van der Waals surface area contributed by atoms with Crippen molar-refractivity contribution in [3.8, 4) is 23.0 Å². The van der Waals surface area contributed by atoms with Crippen molar-refractivity contribution >= 4 is 16.7 Å². The molecule has 128 valence electrons. The molecule has 0 aliphatic heterocycles. The molecular weight excluding hydrogens is 320 g/mol. The Morgan fingerprint density at radius 1 is 0.680 bits per heavy atom. The Hall–Kier alpha value is -3.21. The number of benzene rings is 3. The summed E-state index contributed by atoms with van der Waals surface area (Å²) in [6.45, 7) is 0. The zero-order chi connectivity index (χ0) is 17.8. The fourth-order valence-electron chi connectivity index (χ4n) is 2.50. The summed E-state index contributed by atoms with van der Waals surface area (Å²) in [5.74, 6) is 1.70. The van der Waals surface area contributed by atoms with Crippen LogP contribution in [-0.2, 0) is 0 Å². The Morgan fingerprint density at radius 2 is 1.32 bits per heavy atom. The van der Waals surface area contributed by atoms with Crippen LogP contribution in [0.1, 0.15) is 10.4 Å². The summed E-state index contributed by atoms with van der Waals surface area (Å²) in [7, 11) is 4.69. The van der Waals surface area contributed by atoms with Gasteiger partial charge in [0, 0.05) is 6.07 Å². The van der Waals surface area contributed by atoms with Gasteiger partial charge in [0.1, 0.15) is 11.5 Å². The van der Waals surface area contributed by atoms with E-state index in [-0.39, 0.29) is 0 Å². The maximum Gasteiger partial charge on any atom is 0.343 e. The maximum atomic E-state index is 12.5. The average Bonchev–Trinajstić information content (AvgIpc) is 2.67. The monoisotopic (exact) mass is 338 g/mol. The number of carbonyl (C=O) groups excluding carboxylic acids is 1. The lowest BCUT2D eigenvalue weighted by Gasteiger charge is -2.11. The van der Waals surface area contributed by atoms with Gasteiger partial charge in [-0.05, 0) is 47.2 Å². The first kappa shape index (κ1) is 16.6. The molecular formula is C20H18O5. The van der Waals surface area contributed by atoms with Gasteiger partial charge in [-0.2, -0.15) is 0 Å². The van der Waals surface area contributed by atoms with Gasteiger partial charge >= 0.3 is 5.97 Å². The number of rotatable bonds is 5. The van der Waals surface area contributed by atoms with Crippen molar-refractivity contribution < 1.29 is 23.7 Å². The highest BCUT2D eigenvalue weighted by atomic mass is 16.6. The third-order valence-electron chi connectivity index (χ3n) is 3.86. The summed E-state index contributed by atoms with van der Waals surface area (Å²) >= 11 is 0. The van der Waals surface area contributed by atoms with Crippen molar-refractivity contribution in [2.24, 2.45) is 0 Å². The highest BCUT2D eigenvalue weighted by molar-refractivity contribution is 5.96. The molecule has 0 amide bonds. The van der Waals surface area contributed by atoms with E-state index in [4.69, 9.17) is 18.9 Å². The van der Waals surface area contributed by atoms with E-state index in [2.05, 4.69) is 0 Å². The molecule has 3 aromatic carbocycles. The molecule has 0 heterocycles. The summed E-state index contributed by atoms with van der Waals surface area (Å²) in [6.07, 6.45) is 0. The van der Waals surface area contributed by atoms with Gasteiger partial charge < -0.3 is 18.9 Å². The van der Waals surface area contributed by atoms with Crippen LogP contribution in [0.2, 0.25) is 0 Å². The van der Waals surface area contributed by atoms with Gasteiger partial charge in [-0.3, -0.25) is 0 Å². The molecule has 25 heavy (non-hydrogen) atoms. The highest BCUT2D eigenvalue weighted by Gasteiger charge is 2.14. The average molecular weight is 338 g/mol. The Morgan fingerprint density at radius 3 is 2.04 bits per heavy atom. The first-order valence-corrected chi connectivity index (χ1v) is 7.66. The minimum absolute atomic E-state index is 0.336. The highest BCUT2D eigenvalue weighted by Crippen LogP contribution is 2.32. The summed E-state index contributed by atoms with van der Waals surface area (Å²) in [5.41, 5.74) is 0.454. The Labute approximate surface area is 145 Å². The molecule has 0 unspecified atom stereocenters. The molecule has 0 atom stereocenters. The normalized spacial score (nSPS) is 10.4. The van der Waals surface area contributed by atoms with Crippen LogP contribution in [0.3, 0.4) is 0 Å². The molecule has 0 aliphatic rings. The first-order chi connectivity index (χ1) is 12.1. The standard InChI is InChI=1S/C20H18O5/c1-22-16-7-6-13-10-15(5-4-14(13)11-16)20(21)25-18-9-8-17(23-2)12-19(18)24-3/h4-12H,1-3H3. The number of hydrogen-bond donors (Lipinski definition) is 0. The van der Waals surface area contributed by atoms with E-state index in [0.29, 0.717) is 22.8 Å². The Kier molecular flexibility index (Phi) is 4.75. The van der Waals surface area contributed by atoms with Crippen LogP contribution in [0, 0.1) is 0 Å². The molecule has 5 nitrogen and oxygen atoms in total. The van der Waals surface area contributed by atoms with E-state index in [0.717, 1.165) is 16.5 Å².